The number of aromatic nitrogens is 7. The largest absolute Gasteiger partial charge is 0.472 e. The number of nitrogens with one attached hydrogen (secondary N) is 3. The van der Waals surface area contributed by atoms with Crippen LogP contribution in [0.15, 0.2) is 59.9 Å². The van der Waals surface area contributed by atoms with E-state index in [-0.39, 0.29) is 28.2 Å². The summed E-state index contributed by atoms with van der Waals surface area (Å²) < 4.78 is 21.2. The van der Waals surface area contributed by atoms with Gasteiger partial charge in [-0.05, 0) is 18.2 Å². The van der Waals surface area contributed by atoms with Crippen LogP contribution in [0.25, 0.3) is 56.0 Å². The summed E-state index contributed by atoms with van der Waals surface area (Å²) in [6.07, 6.45) is 9.30. The first-order valence-corrected chi connectivity index (χ1v) is 11.5. The number of nitrogens with zero attached hydrogens (tertiary/aromatic N) is 5. The van der Waals surface area contributed by atoms with Crippen LogP contribution in [0.5, 0.6) is 0 Å². The SMILES string of the molecule is CC(C)(C)C(=O)Nc1cncc(-c2cnc3[nH]nc(-c4nc5c(-c6ccoc6)ccnc5[nH]4)c3c2F)c1. The fourth-order valence-electron chi connectivity index (χ4n) is 3.97. The van der Waals surface area contributed by atoms with E-state index in [0.29, 0.717) is 28.2 Å². The second-order valence-electron chi connectivity index (χ2n) is 9.60. The molecule has 6 heterocycles. The fourth-order valence-corrected chi connectivity index (χ4v) is 3.97. The first-order valence-electron chi connectivity index (χ1n) is 11.5. The number of fused-ring (bicyclic) bond motifs is 2. The lowest BCUT2D eigenvalue weighted by Gasteiger charge is -2.17. The average molecular weight is 497 g/mol. The zero-order valence-electron chi connectivity index (χ0n) is 20.1. The Hall–Kier alpha value is -4.93. The number of pyridine rings is 3. The number of hydrogen-bond donors (Lipinski definition) is 3. The van der Waals surface area contributed by atoms with Crippen LogP contribution in [0.3, 0.4) is 0 Å². The first-order chi connectivity index (χ1) is 17.8. The number of imidazole rings is 1. The van der Waals surface area contributed by atoms with E-state index < -0.39 is 11.2 Å². The molecule has 0 aromatic carbocycles. The normalized spacial score (nSPS) is 11.9. The summed E-state index contributed by atoms with van der Waals surface area (Å²) in [6, 6.07) is 5.32. The van der Waals surface area contributed by atoms with E-state index in [2.05, 4.69) is 40.4 Å². The number of aromatic amines is 2. The second kappa shape index (κ2) is 8.33. The van der Waals surface area contributed by atoms with Crippen LogP contribution in [0.1, 0.15) is 20.8 Å². The van der Waals surface area contributed by atoms with Gasteiger partial charge in [0.05, 0.1) is 29.8 Å². The van der Waals surface area contributed by atoms with Gasteiger partial charge in [-0.15, -0.1) is 0 Å². The molecule has 0 radical (unpaired) electrons. The molecular weight excluding hydrogens is 475 g/mol. The van der Waals surface area contributed by atoms with Crippen LogP contribution in [-0.4, -0.2) is 41.0 Å². The molecule has 0 unspecified atom stereocenters. The van der Waals surface area contributed by atoms with Crippen LogP contribution >= 0.6 is 0 Å². The molecule has 184 valence electrons. The summed E-state index contributed by atoms with van der Waals surface area (Å²) >= 11 is 0. The predicted molar refractivity (Wildman–Crippen MR) is 136 cm³/mol. The van der Waals surface area contributed by atoms with E-state index in [1.807, 2.05) is 32.9 Å². The Balaban J connectivity index is 1.44. The van der Waals surface area contributed by atoms with Crippen molar-refractivity contribution >= 4 is 33.8 Å². The molecule has 3 N–H and O–H groups in total. The lowest BCUT2D eigenvalue weighted by atomic mass is 9.95. The number of rotatable bonds is 4. The minimum absolute atomic E-state index is 0.172. The molecule has 0 bridgehead atoms. The summed E-state index contributed by atoms with van der Waals surface area (Å²) in [5.74, 6) is -0.379. The van der Waals surface area contributed by atoms with Gasteiger partial charge in [0, 0.05) is 46.3 Å². The van der Waals surface area contributed by atoms with Crippen molar-refractivity contribution in [1.29, 1.82) is 0 Å². The maximum Gasteiger partial charge on any atom is 0.229 e. The van der Waals surface area contributed by atoms with Crippen molar-refractivity contribution in [2.45, 2.75) is 20.8 Å². The maximum absolute atomic E-state index is 16.0. The van der Waals surface area contributed by atoms with Crippen LogP contribution in [0.4, 0.5) is 10.1 Å². The van der Waals surface area contributed by atoms with Gasteiger partial charge in [-0.2, -0.15) is 5.10 Å². The van der Waals surface area contributed by atoms with Gasteiger partial charge < -0.3 is 14.7 Å². The van der Waals surface area contributed by atoms with Gasteiger partial charge in [0.25, 0.3) is 0 Å². The highest BCUT2D eigenvalue weighted by molar-refractivity contribution is 5.97. The number of carbonyl (C=O) groups excluding carboxylic acids is 1. The van der Waals surface area contributed by atoms with Gasteiger partial charge in [-0.25, -0.2) is 19.3 Å². The number of carbonyl (C=O) groups is 1. The molecule has 10 nitrogen and oxygen atoms in total. The molecule has 6 aromatic rings. The van der Waals surface area contributed by atoms with Gasteiger partial charge in [-0.3, -0.25) is 14.9 Å². The molecule has 6 aromatic heterocycles. The van der Waals surface area contributed by atoms with E-state index in [1.165, 1.54) is 18.6 Å². The van der Waals surface area contributed by atoms with Gasteiger partial charge in [0.15, 0.2) is 17.1 Å². The maximum atomic E-state index is 16.0. The Labute approximate surface area is 209 Å². The Morgan fingerprint density at radius 1 is 1.05 bits per heavy atom. The summed E-state index contributed by atoms with van der Waals surface area (Å²) in [7, 11) is 0. The standard InChI is InChI=1S/C26H21FN8O2/c1-26(2,3)25(36)31-15-8-14(9-28-10-15)17-11-30-22-18(19(17)27)21(34-35-22)24-32-20-16(13-5-7-37-12-13)4-6-29-23(20)33-24/h4-12H,1-3H3,(H,31,36)(H,29,32,33)(H,30,34,35). The minimum Gasteiger partial charge on any atom is -0.472 e. The highest BCUT2D eigenvalue weighted by Crippen LogP contribution is 2.34. The summed E-state index contributed by atoms with van der Waals surface area (Å²) in [5.41, 5.74) is 3.87. The molecule has 1 amide bonds. The molecule has 0 fully saturated rings. The monoisotopic (exact) mass is 496 g/mol. The van der Waals surface area contributed by atoms with Gasteiger partial charge in [0.1, 0.15) is 17.0 Å². The van der Waals surface area contributed by atoms with Crippen LogP contribution in [0, 0.1) is 11.2 Å². The molecule has 0 saturated heterocycles. The van der Waals surface area contributed by atoms with E-state index in [4.69, 9.17) is 4.42 Å². The molecule has 0 aliphatic carbocycles. The van der Waals surface area contributed by atoms with E-state index in [0.717, 1.165) is 11.1 Å². The van der Waals surface area contributed by atoms with Crippen LogP contribution in [0.2, 0.25) is 0 Å². The number of anilines is 1. The zero-order valence-corrected chi connectivity index (χ0v) is 20.1. The lowest BCUT2D eigenvalue weighted by molar-refractivity contribution is -0.123. The lowest BCUT2D eigenvalue weighted by Crippen LogP contribution is -2.27. The van der Waals surface area contributed by atoms with Gasteiger partial charge in [-0.1, -0.05) is 20.8 Å². The smallest absolute Gasteiger partial charge is 0.229 e. The van der Waals surface area contributed by atoms with Crippen LogP contribution < -0.4 is 5.32 Å². The number of amides is 1. The van der Waals surface area contributed by atoms with Crippen molar-refractivity contribution in [3.05, 3.63) is 61.3 Å². The third-order valence-electron chi connectivity index (χ3n) is 5.96. The molecule has 0 aliphatic heterocycles. The zero-order chi connectivity index (χ0) is 25.7. The Morgan fingerprint density at radius 3 is 2.70 bits per heavy atom. The molecule has 0 atom stereocenters. The van der Waals surface area contributed by atoms with E-state index >= 15 is 4.39 Å². The first kappa shape index (κ1) is 22.5. The highest BCUT2D eigenvalue weighted by Gasteiger charge is 2.23. The van der Waals surface area contributed by atoms with E-state index in [9.17, 15) is 4.79 Å². The second-order valence-corrected chi connectivity index (χ2v) is 9.60. The Kier molecular flexibility index (Phi) is 5.07. The average Bonchev–Trinajstić information content (AvgIpc) is 3.63. The number of halogens is 1. The third kappa shape index (κ3) is 3.90. The fraction of sp³-hybridized carbons (Fsp3) is 0.154. The third-order valence-corrected chi connectivity index (χ3v) is 5.96. The molecule has 11 heteroatoms. The summed E-state index contributed by atoms with van der Waals surface area (Å²) in [4.78, 5) is 33.1. The number of hydrogen-bond acceptors (Lipinski definition) is 7. The van der Waals surface area contributed by atoms with Crippen molar-refractivity contribution in [3.8, 4) is 33.8 Å². The van der Waals surface area contributed by atoms with Crippen molar-refractivity contribution in [2.75, 3.05) is 5.32 Å². The van der Waals surface area contributed by atoms with Crippen molar-refractivity contribution < 1.29 is 13.6 Å². The molecule has 0 saturated carbocycles. The highest BCUT2D eigenvalue weighted by atomic mass is 19.1. The molecule has 0 aliphatic rings. The predicted octanol–water partition coefficient (Wildman–Crippen LogP) is 5.34. The number of furan rings is 1. The Bertz CT molecular complexity index is 1780. The molecule has 37 heavy (non-hydrogen) atoms. The summed E-state index contributed by atoms with van der Waals surface area (Å²) in [5, 5.41) is 10.1. The van der Waals surface area contributed by atoms with Crippen LogP contribution in [-0.2, 0) is 4.79 Å². The molecule has 6 rings (SSSR count). The Morgan fingerprint density at radius 2 is 1.92 bits per heavy atom. The number of H-pyrrole nitrogens is 2. The van der Waals surface area contributed by atoms with Crippen molar-refractivity contribution in [3.63, 3.8) is 0 Å². The molecular formula is C26H21FN8O2. The van der Waals surface area contributed by atoms with E-state index in [1.54, 1.807) is 24.8 Å². The van der Waals surface area contributed by atoms with Crippen molar-refractivity contribution in [2.24, 2.45) is 5.41 Å². The van der Waals surface area contributed by atoms with Crippen molar-refractivity contribution in [1.82, 2.24) is 35.1 Å². The summed E-state index contributed by atoms with van der Waals surface area (Å²) in [6.45, 7) is 5.43. The molecule has 0 spiro atoms. The minimum atomic E-state index is -0.591. The quantitative estimate of drug-likeness (QED) is 0.299. The van der Waals surface area contributed by atoms with Gasteiger partial charge >= 0.3 is 0 Å². The topological polar surface area (TPSA) is 138 Å². The van der Waals surface area contributed by atoms with Gasteiger partial charge in [0.2, 0.25) is 5.91 Å².